The fraction of sp³-hybridized carbons (Fsp3) is 0.0909. The van der Waals surface area contributed by atoms with E-state index in [1.54, 1.807) is 11.8 Å². The SMILES string of the molecule is Cc1ccccc1Sc1ncnc(Cl)c1Br. The molecule has 0 spiro atoms. The molecule has 2 aromatic rings. The van der Waals surface area contributed by atoms with Crippen molar-refractivity contribution < 1.29 is 0 Å². The van der Waals surface area contributed by atoms with Crippen molar-refractivity contribution in [3.63, 3.8) is 0 Å². The molecule has 82 valence electrons. The fourth-order valence-electron chi connectivity index (χ4n) is 1.18. The molecule has 0 unspecified atom stereocenters. The number of aryl methyl sites for hydroxylation is 1. The minimum Gasteiger partial charge on any atom is -0.228 e. The predicted octanol–water partition coefficient (Wildman–Crippen LogP) is 4.35. The van der Waals surface area contributed by atoms with E-state index in [-0.39, 0.29) is 0 Å². The molecule has 0 fully saturated rings. The zero-order valence-electron chi connectivity index (χ0n) is 8.45. The van der Waals surface area contributed by atoms with Gasteiger partial charge in [-0.15, -0.1) is 0 Å². The van der Waals surface area contributed by atoms with Crippen LogP contribution in [0.4, 0.5) is 0 Å². The average Bonchev–Trinajstić information content (AvgIpc) is 2.28. The van der Waals surface area contributed by atoms with Crippen LogP contribution in [-0.2, 0) is 0 Å². The highest BCUT2D eigenvalue weighted by Gasteiger charge is 2.09. The summed E-state index contributed by atoms with van der Waals surface area (Å²) in [7, 11) is 0. The molecule has 0 bridgehead atoms. The number of hydrogen-bond donors (Lipinski definition) is 0. The Morgan fingerprint density at radius 1 is 1.25 bits per heavy atom. The van der Waals surface area contributed by atoms with E-state index in [4.69, 9.17) is 11.6 Å². The Labute approximate surface area is 112 Å². The summed E-state index contributed by atoms with van der Waals surface area (Å²) in [6.07, 6.45) is 1.47. The van der Waals surface area contributed by atoms with Crippen molar-refractivity contribution in [2.45, 2.75) is 16.8 Å². The summed E-state index contributed by atoms with van der Waals surface area (Å²) in [6.45, 7) is 2.07. The maximum atomic E-state index is 5.91. The van der Waals surface area contributed by atoms with E-state index in [0.717, 1.165) is 14.4 Å². The zero-order valence-corrected chi connectivity index (χ0v) is 11.6. The monoisotopic (exact) mass is 314 g/mol. The van der Waals surface area contributed by atoms with Crippen molar-refractivity contribution in [2.75, 3.05) is 0 Å². The molecule has 5 heteroatoms. The maximum absolute atomic E-state index is 5.91. The largest absolute Gasteiger partial charge is 0.228 e. The summed E-state index contributed by atoms with van der Waals surface area (Å²) in [6, 6.07) is 8.15. The molecular formula is C11H8BrClN2S. The van der Waals surface area contributed by atoms with Gasteiger partial charge in [0.05, 0.1) is 4.47 Å². The molecule has 2 rings (SSSR count). The number of hydrogen-bond acceptors (Lipinski definition) is 3. The van der Waals surface area contributed by atoms with Crippen LogP contribution in [0, 0.1) is 6.92 Å². The van der Waals surface area contributed by atoms with Crippen molar-refractivity contribution in [3.8, 4) is 0 Å². The molecule has 2 nitrogen and oxygen atoms in total. The second-order valence-electron chi connectivity index (χ2n) is 3.15. The Bertz CT molecular complexity index is 519. The lowest BCUT2D eigenvalue weighted by molar-refractivity contribution is 1.02. The van der Waals surface area contributed by atoms with Crippen molar-refractivity contribution in [1.29, 1.82) is 0 Å². The summed E-state index contributed by atoms with van der Waals surface area (Å²) in [5.74, 6) is 0. The third-order valence-electron chi connectivity index (χ3n) is 2.02. The van der Waals surface area contributed by atoms with Crippen LogP contribution in [0.5, 0.6) is 0 Å². The lowest BCUT2D eigenvalue weighted by atomic mass is 10.2. The van der Waals surface area contributed by atoms with E-state index in [9.17, 15) is 0 Å². The second kappa shape index (κ2) is 5.17. The van der Waals surface area contributed by atoms with Crippen LogP contribution in [0.3, 0.4) is 0 Å². The molecule has 0 saturated heterocycles. The van der Waals surface area contributed by atoms with E-state index < -0.39 is 0 Å². The summed E-state index contributed by atoms with van der Waals surface area (Å²) >= 11 is 10.9. The standard InChI is InChI=1S/C11H8BrClN2S/c1-7-4-2-3-5-8(7)16-11-9(12)10(13)14-6-15-11/h2-6H,1H3. The molecule has 0 aliphatic carbocycles. The minimum atomic E-state index is 0.436. The van der Waals surface area contributed by atoms with Crippen molar-refractivity contribution in [2.24, 2.45) is 0 Å². The van der Waals surface area contributed by atoms with Gasteiger partial charge in [-0.3, -0.25) is 0 Å². The molecule has 1 aromatic carbocycles. The third-order valence-corrected chi connectivity index (χ3v) is 4.72. The maximum Gasteiger partial charge on any atom is 0.147 e. The molecule has 0 saturated carbocycles. The van der Waals surface area contributed by atoms with E-state index in [1.165, 1.54) is 11.9 Å². The molecule has 0 aliphatic heterocycles. The lowest BCUT2D eigenvalue weighted by Crippen LogP contribution is -1.87. The summed E-state index contributed by atoms with van der Waals surface area (Å²) in [4.78, 5) is 9.26. The molecule has 0 N–H and O–H groups in total. The molecule has 0 amide bonds. The second-order valence-corrected chi connectivity index (χ2v) is 5.33. The highest BCUT2D eigenvalue weighted by Crippen LogP contribution is 2.35. The topological polar surface area (TPSA) is 25.8 Å². The Morgan fingerprint density at radius 3 is 2.75 bits per heavy atom. The van der Waals surface area contributed by atoms with Gasteiger partial charge in [-0.25, -0.2) is 9.97 Å². The first-order valence-electron chi connectivity index (χ1n) is 4.58. The van der Waals surface area contributed by atoms with Crippen LogP contribution in [0.15, 0.2) is 45.0 Å². The van der Waals surface area contributed by atoms with Gasteiger partial charge in [0, 0.05) is 4.90 Å². The van der Waals surface area contributed by atoms with Gasteiger partial charge in [-0.1, -0.05) is 41.6 Å². The molecule has 0 atom stereocenters. The Balaban J connectivity index is 2.35. The molecular weight excluding hydrogens is 308 g/mol. The van der Waals surface area contributed by atoms with Crippen LogP contribution in [-0.4, -0.2) is 9.97 Å². The van der Waals surface area contributed by atoms with Crippen molar-refractivity contribution >= 4 is 39.3 Å². The quantitative estimate of drug-likeness (QED) is 0.770. The van der Waals surface area contributed by atoms with Crippen LogP contribution in [0.25, 0.3) is 0 Å². The zero-order chi connectivity index (χ0) is 11.5. The van der Waals surface area contributed by atoms with Gasteiger partial charge in [0.2, 0.25) is 0 Å². The summed E-state index contributed by atoms with van der Waals surface area (Å²) < 4.78 is 0.741. The van der Waals surface area contributed by atoms with Crippen LogP contribution >= 0.6 is 39.3 Å². The summed E-state index contributed by atoms with van der Waals surface area (Å²) in [5, 5.41) is 1.26. The van der Waals surface area contributed by atoms with E-state index >= 15 is 0 Å². The van der Waals surface area contributed by atoms with Crippen LogP contribution in [0.2, 0.25) is 5.15 Å². The van der Waals surface area contributed by atoms with Crippen LogP contribution < -0.4 is 0 Å². The third kappa shape index (κ3) is 2.56. The van der Waals surface area contributed by atoms with Gasteiger partial charge in [-0.05, 0) is 34.5 Å². The first kappa shape index (κ1) is 11.9. The van der Waals surface area contributed by atoms with E-state index in [2.05, 4.69) is 45.0 Å². The van der Waals surface area contributed by atoms with Gasteiger partial charge in [-0.2, -0.15) is 0 Å². The molecule has 0 aliphatic rings. The molecule has 16 heavy (non-hydrogen) atoms. The molecule has 1 heterocycles. The highest BCUT2D eigenvalue weighted by atomic mass is 79.9. The van der Waals surface area contributed by atoms with Crippen molar-refractivity contribution in [3.05, 3.63) is 45.8 Å². The number of rotatable bonds is 2. The Hall–Kier alpha value is -0.580. The Kier molecular flexibility index (Phi) is 3.84. The predicted molar refractivity (Wildman–Crippen MR) is 70.0 cm³/mol. The lowest BCUT2D eigenvalue weighted by Gasteiger charge is -2.06. The smallest absolute Gasteiger partial charge is 0.147 e. The highest BCUT2D eigenvalue weighted by molar-refractivity contribution is 9.10. The molecule has 1 aromatic heterocycles. The summed E-state index contributed by atoms with van der Waals surface area (Å²) in [5.41, 5.74) is 1.22. The van der Waals surface area contributed by atoms with Gasteiger partial charge in [0.15, 0.2) is 0 Å². The van der Waals surface area contributed by atoms with Crippen LogP contribution in [0.1, 0.15) is 5.56 Å². The van der Waals surface area contributed by atoms with Gasteiger partial charge < -0.3 is 0 Å². The molecule has 0 radical (unpaired) electrons. The fourth-order valence-corrected chi connectivity index (χ4v) is 2.69. The first-order chi connectivity index (χ1) is 7.68. The van der Waals surface area contributed by atoms with Gasteiger partial charge in [0.1, 0.15) is 16.5 Å². The van der Waals surface area contributed by atoms with E-state index in [1.807, 2.05) is 12.1 Å². The minimum absolute atomic E-state index is 0.436. The normalized spacial score (nSPS) is 10.4. The Morgan fingerprint density at radius 2 is 2.00 bits per heavy atom. The number of benzene rings is 1. The number of nitrogens with zero attached hydrogens (tertiary/aromatic N) is 2. The van der Waals surface area contributed by atoms with E-state index in [0.29, 0.717) is 5.15 Å². The first-order valence-corrected chi connectivity index (χ1v) is 6.56. The average molecular weight is 316 g/mol. The van der Waals surface area contributed by atoms with Crippen molar-refractivity contribution in [1.82, 2.24) is 9.97 Å². The van der Waals surface area contributed by atoms with Gasteiger partial charge in [0.25, 0.3) is 0 Å². The van der Waals surface area contributed by atoms with Gasteiger partial charge >= 0.3 is 0 Å². The number of halogens is 2. The number of aromatic nitrogens is 2.